The van der Waals surface area contributed by atoms with Crippen LogP contribution in [0, 0.1) is 11.8 Å². The Morgan fingerprint density at radius 1 is 1.15 bits per heavy atom. The number of fused-ring (bicyclic) bond motifs is 1. The summed E-state index contributed by atoms with van der Waals surface area (Å²) < 4.78 is 20.9. The molecule has 2 atom stereocenters. The highest BCUT2D eigenvalue weighted by Crippen LogP contribution is 2.58. The van der Waals surface area contributed by atoms with Crippen LogP contribution in [0.25, 0.3) is 0 Å². The number of carbonyl (C=O) groups is 1. The van der Waals surface area contributed by atoms with Crippen molar-refractivity contribution in [2.24, 2.45) is 11.8 Å². The monoisotopic (exact) mass is 355 g/mol. The van der Waals surface area contributed by atoms with Crippen molar-refractivity contribution in [3.05, 3.63) is 64.1 Å². The molecule has 26 heavy (non-hydrogen) atoms. The van der Waals surface area contributed by atoms with Crippen molar-refractivity contribution in [3.63, 3.8) is 0 Å². The highest BCUT2D eigenvalue weighted by atomic mass is 19.1. The van der Waals surface area contributed by atoms with Crippen molar-refractivity contribution in [1.82, 2.24) is 9.58 Å². The Labute approximate surface area is 149 Å². The van der Waals surface area contributed by atoms with Crippen molar-refractivity contribution in [3.8, 4) is 5.75 Å². The summed E-state index contributed by atoms with van der Waals surface area (Å²) in [5, 5.41) is 0. The largest absolute Gasteiger partial charge is 0.482 e. The molecule has 2 heterocycles. The highest BCUT2D eigenvalue weighted by Gasteiger charge is 2.65. The minimum atomic E-state index is -0.790. The van der Waals surface area contributed by atoms with Crippen LogP contribution in [-0.2, 0) is 6.61 Å². The zero-order chi connectivity index (χ0) is 17.8. The first-order chi connectivity index (χ1) is 12.6. The first-order valence-corrected chi connectivity index (χ1v) is 8.76. The summed E-state index contributed by atoms with van der Waals surface area (Å²) in [6.07, 6.45) is 1.58. The van der Waals surface area contributed by atoms with Gasteiger partial charge in [-0.25, -0.2) is 4.39 Å². The molecule has 0 spiro atoms. The fraction of sp³-hybridized carbons (Fsp3) is 0.368. The van der Waals surface area contributed by atoms with E-state index in [-0.39, 0.29) is 47.3 Å². The van der Waals surface area contributed by atoms with Gasteiger partial charge in [0.1, 0.15) is 19.4 Å². The lowest BCUT2D eigenvalue weighted by Gasteiger charge is -2.64. The Bertz CT molecular complexity index is 919. The number of pyridine rings is 1. The zero-order valence-electron chi connectivity index (χ0n) is 14.0. The van der Waals surface area contributed by atoms with Crippen molar-refractivity contribution in [2.45, 2.75) is 25.2 Å². The zero-order valence-corrected chi connectivity index (χ0v) is 14.0. The number of amides is 1. The lowest BCUT2D eigenvalue weighted by atomic mass is 9.49. The number of ether oxygens (including phenoxy) is 1. The van der Waals surface area contributed by atoms with E-state index in [2.05, 4.69) is 5.43 Å². The van der Waals surface area contributed by atoms with Crippen LogP contribution >= 0.6 is 0 Å². The van der Waals surface area contributed by atoms with Gasteiger partial charge in [0.25, 0.3) is 5.91 Å². The van der Waals surface area contributed by atoms with E-state index in [1.54, 1.807) is 4.90 Å². The molecule has 3 aliphatic carbocycles. The number of aromatic nitrogens is 1. The second-order valence-electron chi connectivity index (χ2n) is 7.09. The molecule has 6 rings (SSSR count). The molecule has 3 saturated carbocycles. The van der Waals surface area contributed by atoms with Gasteiger partial charge < -0.3 is 15.1 Å². The van der Waals surface area contributed by atoms with E-state index in [0.717, 1.165) is 12.0 Å². The van der Waals surface area contributed by atoms with Gasteiger partial charge in [-0.1, -0.05) is 30.3 Å². The Hall–Kier alpha value is -2.83. The fourth-order valence-corrected chi connectivity index (χ4v) is 4.11. The van der Waals surface area contributed by atoms with Crippen LogP contribution in [0.5, 0.6) is 5.75 Å². The molecule has 2 bridgehead atoms. The van der Waals surface area contributed by atoms with Crippen LogP contribution in [-0.4, -0.2) is 34.4 Å². The SMILES string of the molecule is O=C1c2c(OCc3ccccc3)c(=O)ccn2NCN1C1C2CC1C2F. The maximum Gasteiger partial charge on any atom is 0.278 e. The molecule has 1 amide bonds. The molecule has 4 aliphatic rings. The number of nitrogens with one attached hydrogen (secondary N) is 1. The third-order valence-electron chi connectivity index (χ3n) is 5.76. The minimum Gasteiger partial charge on any atom is -0.482 e. The number of nitrogens with zero attached hydrogens (tertiary/aromatic N) is 2. The number of benzene rings is 1. The second-order valence-corrected chi connectivity index (χ2v) is 7.09. The van der Waals surface area contributed by atoms with Gasteiger partial charge in [0.05, 0.1) is 0 Å². The molecule has 0 radical (unpaired) electrons. The summed E-state index contributed by atoms with van der Waals surface area (Å²) in [5.74, 6) is -0.387. The number of halogens is 1. The van der Waals surface area contributed by atoms with E-state index < -0.39 is 6.17 Å². The Morgan fingerprint density at radius 2 is 1.92 bits per heavy atom. The molecule has 7 heteroatoms. The van der Waals surface area contributed by atoms with Gasteiger partial charge in [-0.15, -0.1) is 0 Å². The maximum absolute atomic E-state index is 13.6. The number of alkyl halides is 1. The molecule has 0 saturated heterocycles. The van der Waals surface area contributed by atoms with E-state index in [1.807, 2.05) is 30.3 Å². The summed E-state index contributed by atoms with van der Waals surface area (Å²) >= 11 is 0. The molecule has 134 valence electrons. The summed E-state index contributed by atoms with van der Waals surface area (Å²) in [4.78, 5) is 27.0. The Morgan fingerprint density at radius 3 is 2.62 bits per heavy atom. The third-order valence-corrected chi connectivity index (χ3v) is 5.76. The van der Waals surface area contributed by atoms with Crippen molar-refractivity contribution in [2.75, 3.05) is 12.1 Å². The van der Waals surface area contributed by atoms with Crippen molar-refractivity contribution < 1.29 is 13.9 Å². The van der Waals surface area contributed by atoms with Crippen LogP contribution in [0.2, 0.25) is 0 Å². The van der Waals surface area contributed by atoms with E-state index >= 15 is 0 Å². The van der Waals surface area contributed by atoms with E-state index in [0.29, 0.717) is 6.67 Å². The van der Waals surface area contributed by atoms with Crippen molar-refractivity contribution >= 4 is 5.91 Å². The minimum absolute atomic E-state index is 0.0309. The lowest BCUT2D eigenvalue weighted by Crippen LogP contribution is -2.73. The molecule has 1 aliphatic heterocycles. The summed E-state index contributed by atoms with van der Waals surface area (Å²) in [7, 11) is 0. The van der Waals surface area contributed by atoms with Crippen LogP contribution < -0.4 is 15.6 Å². The number of hydrogen-bond acceptors (Lipinski definition) is 4. The highest BCUT2D eigenvalue weighted by molar-refractivity contribution is 5.96. The van der Waals surface area contributed by atoms with Gasteiger partial charge in [-0.05, 0) is 12.0 Å². The first kappa shape index (κ1) is 15.4. The number of rotatable bonds is 4. The van der Waals surface area contributed by atoms with E-state index in [4.69, 9.17) is 4.74 Å². The van der Waals surface area contributed by atoms with Crippen LogP contribution in [0.3, 0.4) is 0 Å². The number of carbonyl (C=O) groups excluding carboxylic acids is 1. The van der Waals surface area contributed by atoms with Gasteiger partial charge in [-0.2, -0.15) is 0 Å². The second kappa shape index (κ2) is 5.59. The molecule has 2 aromatic rings. The summed E-state index contributed by atoms with van der Waals surface area (Å²) in [6.45, 7) is 0.499. The molecular weight excluding hydrogens is 337 g/mol. The molecular formula is C19H18FN3O3. The lowest BCUT2D eigenvalue weighted by molar-refractivity contribution is -0.176. The van der Waals surface area contributed by atoms with E-state index in [1.165, 1.54) is 16.9 Å². The van der Waals surface area contributed by atoms with Crippen LogP contribution in [0.15, 0.2) is 47.4 Å². The molecule has 1 aromatic carbocycles. The molecule has 1 N–H and O–H groups in total. The van der Waals surface area contributed by atoms with Gasteiger partial charge in [0.15, 0.2) is 11.4 Å². The third kappa shape index (κ3) is 2.09. The average Bonchev–Trinajstić information content (AvgIpc) is 2.62. The van der Waals surface area contributed by atoms with Gasteiger partial charge in [-0.3, -0.25) is 14.3 Å². The predicted molar refractivity (Wildman–Crippen MR) is 92.2 cm³/mol. The molecule has 6 nitrogen and oxygen atoms in total. The molecule has 2 unspecified atom stereocenters. The summed E-state index contributed by atoms with van der Waals surface area (Å²) in [5.41, 5.74) is 3.84. The van der Waals surface area contributed by atoms with Gasteiger partial charge in [0.2, 0.25) is 5.43 Å². The Balaban J connectivity index is 1.44. The number of hydrogen-bond donors (Lipinski definition) is 1. The van der Waals surface area contributed by atoms with E-state index in [9.17, 15) is 14.0 Å². The topological polar surface area (TPSA) is 63.6 Å². The fourth-order valence-electron chi connectivity index (χ4n) is 4.11. The summed E-state index contributed by atoms with van der Waals surface area (Å²) in [6, 6.07) is 10.8. The average molecular weight is 355 g/mol. The first-order valence-electron chi connectivity index (χ1n) is 8.76. The normalized spacial score (nSPS) is 28.5. The Kier molecular flexibility index (Phi) is 3.32. The smallest absolute Gasteiger partial charge is 0.278 e. The van der Waals surface area contributed by atoms with Crippen LogP contribution in [0.4, 0.5) is 4.39 Å². The quantitative estimate of drug-likeness (QED) is 0.908. The predicted octanol–water partition coefficient (Wildman–Crippen LogP) is 1.74. The van der Waals surface area contributed by atoms with Crippen molar-refractivity contribution in [1.29, 1.82) is 0 Å². The van der Waals surface area contributed by atoms with Gasteiger partial charge in [0, 0.05) is 30.1 Å². The maximum atomic E-state index is 13.6. The molecule has 1 aromatic heterocycles. The van der Waals surface area contributed by atoms with Crippen LogP contribution in [0.1, 0.15) is 22.5 Å². The van der Waals surface area contributed by atoms with Gasteiger partial charge >= 0.3 is 0 Å². The molecule has 3 fully saturated rings. The standard InChI is InChI=1S/C19H18FN3O3/c20-15-12-8-13(15)16(12)22-10-21-23-7-6-14(24)18(17(23)19(22)25)26-9-11-4-2-1-3-5-11/h1-7,12-13,15-16,21H,8-10H2.